The van der Waals surface area contributed by atoms with E-state index in [4.69, 9.17) is 4.74 Å². The first kappa shape index (κ1) is 10.6. The lowest BCUT2D eigenvalue weighted by molar-refractivity contribution is 0.0606. The van der Waals surface area contributed by atoms with E-state index in [0.29, 0.717) is 0 Å². The fourth-order valence-electron chi connectivity index (χ4n) is 1.81. The van der Waals surface area contributed by atoms with Gasteiger partial charge in [-0.1, -0.05) is 0 Å². The van der Waals surface area contributed by atoms with Crippen molar-refractivity contribution in [1.29, 1.82) is 0 Å². The van der Waals surface area contributed by atoms with Crippen molar-refractivity contribution in [2.24, 2.45) is 0 Å². The average Bonchev–Trinajstić information content (AvgIpc) is 2.58. The van der Waals surface area contributed by atoms with Crippen LogP contribution in [0, 0.1) is 0 Å². The zero-order valence-corrected chi connectivity index (χ0v) is 9.89. The van der Waals surface area contributed by atoms with Crippen molar-refractivity contribution >= 4 is 17.3 Å². The van der Waals surface area contributed by atoms with Gasteiger partial charge in [-0.3, -0.25) is 0 Å². The molecule has 3 nitrogen and oxygen atoms in total. The number of likely N-dealkylation sites (N-methyl/N-ethyl adjacent to an activating group) is 1. The number of esters is 1. The van der Waals surface area contributed by atoms with Crippen molar-refractivity contribution < 1.29 is 9.53 Å². The highest BCUT2D eigenvalue weighted by molar-refractivity contribution is 7.14. The second-order valence-electron chi connectivity index (χ2n) is 3.85. The van der Waals surface area contributed by atoms with E-state index in [9.17, 15) is 4.79 Å². The van der Waals surface area contributed by atoms with E-state index in [0.717, 1.165) is 30.8 Å². The molecule has 0 unspecified atom stereocenters. The SMILES string of the molecule is COC(=O)c1cc2c(s1)CCN(C)CC2. The first-order chi connectivity index (χ1) is 7.20. The molecule has 1 aliphatic heterocycles. The molecular formula is C11H15NO2S. The average molecular weight is 225 g/mol. The molecule has 0 atom stereocenters. The third-order valence-electron chi connectivity index (χ3n) is 2.77. The minimum absolute atomic E-state index is 0.207. The molecule has 1 aliphatic rings. The molecule has 0 aromatic carbocycles. The van der Waals surface area contributed by atoms with Gasteiger partial charge >= 0.3 is 5.97 Å². The van der Waals surface area contributed by atoms with E-state index in [1.165, 1.54) is 17.6 Å². The summed E-state index contributed by atoms with van der Waals surface area (Å²) in [5, 5.41) is 0. The van der Waals surface area contributed by atoms with E-state index in [1.54, 1.807) is 11.3 Å². The maximum Gasteiger partial charge on any atom is 0.348 e. The minimum atomic E-state index is -0.207. The van der Waals surface area contributed by atoms with Crippen LogP contribution in [0.3, 0.4) is 0 Å². The third kappa shape index (κ3) is 2.21. The summed E-state index contributed by atoms with van der Waals surface area (Å²) in [6.07, 6.45) is 2.09. The first-order valence-electron chi connectivity index (χ1n) is 5.09. The number of carbonyl (C=O) groups excluding carboxylic acids is 1. The van der Waals surface area contributed by atoms with Gasteiger partial charge in [-0.25, -0.2) is 4.79 Å². The number of carbonyl (C=O) groups is 1. The molecule has 0 N–H and O–H groups in total. The Morgan fingerprint density at radius 1 is 1.47 bits per heavy atom. The lowest BCUT2D eigenvalue weighted by atomic mass is 10.1. The lowest BCUT2D eigenvalue weighted by Crippen LogP contribution is -2.20. The van der Waals surface area contributed by atoms with Gasteiger partial charge < -0.3 is 9.64 Å². The predicted octanol–water partition coefficient (Wildman–Crippen LogP) is 1.57. The summed E-state index contributed by atoms with van der Waals surface area (Å²) in [4.78, 5) is 15.8. The molecule has 2 heterocycles. The topological polar surface area (TPSA) is 29.5 Å². The number of hydrogen-bond acceptors (Lipinski definition) is 4. The Bertz CT molecular complexity index is 347. The second kappa shape index (κ2) is 4.33. The quantitative estimate of drug-likeness (QED) is 0.679. The molecule has 0 fully saturated rings. The Kier molecular flexibility index (Phi) is 3.07. The summed E-state index contributed by atoms with van der Waals surface area (Å²) in [6, 6.07) is 1.99. The van der Waals surface area contributed by atoms with Gasteiger partial charge in [0.2, 0.25) is 0 Å². The van der Waals surface area contributed by atoms with Gasteiger partial charge in [0, 0.05) is 18.0 Å². The number of rotatable bonds is 1. The van der Waals surface area contributed by atoms with Gasteiger partial charge in [-0.2, -0.15) is 0 Å². The Hall–Kier alpha value is -0.870. The maximum absolute atomic E-state index is 11.4. The minimum Gasteiger partial charge on any atom is -0.465 e. The standard InChI is InChI=1S/C11H15NO2S/c1-12-5-3-8-7-10(11(13)14-2)15-9(8)4-6-12/h7H,3-6H2,1-2H3. The van der Waals surface area contributed by atoms with Crippen molar-refractivity contribution in [1.82, 2.24) is 4.90 Å². The summed E-state index contributed by atoms with van der Waals surface area (Å²) in [5.41, 5.74) is 1.32. The van der Waals surface area contributed by atoms with E-state index in [2.05, 4.69) is 11.9 Å². The number of ether oxygens (including phenoxy) is 1. The number of methoxy groups -OCH3 is 1. The van der Waals surface area contributed by atoms with Crippen molar-refractivity contribution in [2.45, 2.75) is 12.8 Å². The van der Waals surface area contributed by atoms with Crippen molar-refractivity contribution in [3.8, 4) is 0 Å². The van der Waals surface area contributed by atoms with Crippen molar-refractivity contribution in [3.05, 3.63) is 21.4 Å². The molecule has 0 saturated heterocycles. The van der Waals surface area contributed by atoms with Crippen LogP contribution in [0.5, 0.6) is 0 Å². The molecular weight excluding hydrogens is 210 g/mol. The molecule has 0 aliphatic carbocycles. The van der Waals surface area contributed by atoms with E-state index in [-0.39, 0.29) is 5.97 Å². The van der Waals surface area contributed by atoms with Crippen LogP contribution in [-0.2, 0) is 17.6 Å². The zero-order valence-electron chi connectivity index (χ0n) is 9.08. The largest absolute Gasteiger partial charge is 0.465 e. The van der Waals surface area contributed by atoms with Crippen molar-refractivity contribution in [3.63, 3.8) is 0 Å². The monoisotopic (exact) mass is 225 g/mol. The molecule has 0 saturated carbocycles. The molecule has 1 aromatic rings. The zero-order chi connectivity index (χ0) is 10.8. The van der Waals surface area contributed by atoms with E-state index >= 15 is 0 Å². The molecule has 0 spiro atoms. The van der Waals surface area contributed by atoms with Crippen LogP contribution in [0.15, 0.2) is 6.07 Å². The first-order valence-corrected chi connectivity index (χ1v) is 5.91. The van der Waals surface area contributed by atoms with Gasteiger partial charge in [-0.05, 0) is 31.5 Å². The molecule has 1 aromatic heterocycles. The second-order valence-corrected chi connectivity index (χ2v) is 4.99. The Morgan fingerprint density at radius 3 is 2.93 bits per heavy atom. The van der Waals surface area contributed by atoms with Crippen LogP contribution in [-0.4, -0.2) is 38.1 Å². The van der Waals surface area contributed by atoms with Crippen LogP contribution in [0.25, 0.3) is 0 Å². The third-order valence-corrected chi connectivity index (χ3v) is 3.98. The van der Waals surface area contributed by atoms with Gasteiger partial charge in [0.25, 0.3) is 0 Å². The van der Waals surface area contributed by atoms with E-state index in [1.807, 2.05) is 6.07 Å². The highest BCUT2D eigenvalue weighted by Crippen LogP contribution is 2.26. The van der Waals surface area contributed by atoms with Gasteiger partial charge in [0.15, 0.2) is 0 Å². The highest BCUT2D eigenvalue weighted by atomic mass is 32.1. The molecule has 2 rings (SSSR count). The molecule has 0 radical (unpaired) electrons. The summed E-state index contributed by atoms with van der Waals surface area (Å²) < 4.78 is 4.73. The van der Waals surface area contributed by atoms with Crippen LogP contribution in [0.4, 0.5) is 0 Å². The van der Waals surface area contributed by atoms with Crippen LogP contribution >= 0.6 is 11.3 Å². The molecule has 4 heteroatoms. The normalized spacial score (nSPS) is 16.9. The molecule has 0 bridgehead atoms. The number of thiophene rings is 1. The number of fused-ring (bicyclic) bond motifs is 1. The van der Waals surface area contributed by atoms with Gasteiger partial charge in [-0.15, -0.1) is 11.3 Å². The summed E-state index contributed by atoms with van der Waals surface area (Å²) >= 11 is 1.58. The lowest BCUT2D eigenvalue weighted by Gasteiger charge is -2.11. The van der Waals surface area contributed by atoms with Gasteiger partial charge in [0.1, 0.15) is 4.88 Å². The smallest absolute Gasteiger partial charge is 0.348 e. The van der Waals surface area contributed by atoms with Crippen LogP contribution in [0.1, 0.15) is 20.1 Å². The van der Waals surface area contributed by atoms with Gasteiger partial charge in [0.05, 0.1) is 7.11 Å². The molecule has 0 amide bonds. The highest BCUT2D eigenvalue weighted by Gasteiger charge is 2.17. The predicted molar refractivity (Wildman–Crippen MR) is 60.6 cm³/mol. The number of hydrogen-bond donors (Lipinski definition) is 0. The van der Waals surface area contributed by atoms with Crippen LogP contribution in [0.2, 0.25) is 0 Å². The summed E-state index contributed by atoms with van der Waals surface area (Å²) in [5.74, 6) is -0.207. The van der Waals surface area contributed by atoms with Crippen LogP contribution < -0.4 is 0 Å². The maximum atomic E-state index is 11.4. The Morgan fingerprint density at radius 2 is 2.20 bits per heavy atom. The molecule has 15 heavy (non-hydrogen) atoms. The van der Waals surface area contributed by atoms with E-state index < -0.39 is 0 Å². The van der Waals surface area contributed by atoms with Crippen molar-refractivity contribution in [2.75, 3.05) is 27.2 Å². The fourth-order valence-corrected chi connectivity index (χ4v) is 2.93. The fraction of sp³-hybridized carbons (Fsp3) is 0.545. The summed E-state index contributed by atoms with van der Waals surface area (Å²) in [7, 11) is 3.57. The Labute approximate surface area is 93.7 Å². The molecule has 82 valence electrons. The summed E-state index contributed by atoms with van der Waals surface area (Å²) in [6.45, 7) is 2.15. The number of nitrogens with zero attached hydrogens (tertiary/aromatic N) is 1. The Balaban J connectivity index is 2.22.